The molecule has 0 spiro atoms. The molecule has 1 saturated heterocycles. The minimum atomic E-state index is -0.790. The Labute approximate surface area is 89.4 Å². The van der Waals surface area contributed by atoms with Crippen molar-refractivity contribution >= 4 is 11.9 Å². The number of methoxy groups -OCH3 is 1. The van der Waals surface area contributed by atoms with Gasteiger partial charge in [-0.1, -0.05) is 13.8 Å². The van der Waals surface area contributed by atoms with Gasteiger partial charge in [0.15, 0.2) is 0 Å². The Morgan fingerprint density at radius 2 is 2.20 bits per heavy atom. The van der Waals surface area contributed by atoms with Gasteiger partial charge in [-0.05, 0) is 18.8 Å². The lowest BCUT2D eigenvalue weighted by Gasteiger charge is -2.45. The Hall–Kier alpha value is -1.06. The number of rotatable bonds is 1. The standard InChI is InChI=1S/C11H17NO3/c1-10(2)7-4-5-11(10,9(14)15-3)12-8(13)6-7/h7H,4-6H2,1-3H3,(H,12,13). The van der Waals surface area contributed by atoms with E-state index in [1.54, 1.807) is 0 Å². The minimum Gasteiger partial charge on any atom is -0.467 e. The van der Waals surface area contributed by atoms with Gasteiger partial charge in [-0.3, -0.25) is 4.79 Å². The maximum absolute atomic E-state index is 11.9. The SMILES string of the molecule is COC(=O)C12CCC(CC(=O)N1)C2(C)C. The van der Waals surface area contributed by atoms with Gasteiger partial charge in [0.05, 0.1) is 7.11 Å². The molecule has 1 saturated carbocycles. The molecule has 1 aliphatic heterocycles. The summed E-state index contributed by atoms with van der Waals surface area (Å²) < 4.78 is 4.84. The van der Waals surface area contributed by atoms with Crippen LogP contribution >= 0.6 is 0 Å². The van der Waals surface area contributed by atoms with Crippen LogP contribution in [0.25, 0.3) is 0 Å². The van der Waals surface area contributed by atoms with E-state index in [1.165, 1.54) is 7.11 Å². The van der Waals surface area contributed by atoms with Crippen LogP contribution in [0.5, 0.6) is 0 Å². The van der Waals surface area contributed by atoms with E-state index in [1.807, 2.05) is 13.8 Å². The Morgan fingerprint density at radius 3 is 2.80 bits per heavy atom. The highest BCUT2D eigenvalue weighted by Gasteiger charge is 2.63. The number of nitrogens with one attached hydrogen (secondary N) is 1. The highest BCUT2D eigenvalue weighted by atomic mass is 16.5. The van der Waals surface area contributed by atoms with Gasteiger partial charge in [0.1, 0.15) is 5.54 Å². The van der Waals surface area contributed by atoms with Crippen molar-refractivity contribution in [2.45, 2.75) is 38.6 Å². The van der Waals surface area contributed by atoms with Gasteiger partial charge in [-0.15, -0.1) is 0 Å². The van der Waals surface area contributed by atoms with Gasteiger partial charge in [-0.25, -0.2) is 4.79 Å². The second-order valence-corrected chi connectivity index (χ2v) is 5.11. The van der Waals surface area contributed by atoms with Crippen molar-refractivity contribution in [2.75, 3.05) is 7.11 Å². The van der Waals surface area contributed by atoms with E-state index >= 15 is 0 Å². The summed E-state index contributed by atoms with van der Waals surface area (Å²) in [5.41, 5.74) is -0.990. The number of amides is 1. The lowest BCUT2D eigenvalue weighted by Crippen LogP contribution is -2.65. The third kappa shape index (κ3) is 1.13. The number of carbonyl (C=O) groups is 2. The zero-order valence-electron chi connectivity index (χ0n) is 9.42. The molecule has 2 unspecified atom stereocenters. The number of piperidine rings is 1. The molecule has 2 aliphatic rings. The molecule has 4 nitrogen and oxygen atoms in total. The van der Waals surface area contributed by atoms with Crippen molar-refractivity contribution in [3.63, 3.8) is 0 Å². The summed E-state index contributed by atoms with van der Waals surface area (Å²) in [6.45, 7) is 4.09. The number of fused-ring (bicyclic) bond motifs is 2. The largest absolute Gasteiger partial charge is 0.467 e. The summed E-state index contributed by atoms with van der Waals surface area (Å²) in [4.78, 5) is 23.4. The number of ether oxygens (including phenoxy) is 1. The topological polar surface area (TPSA) is 55.4 Å². The average Bonchev–Trinajstić information content (AvgIpc) is 2.39. The monoisotopic (exact) mass is 211 g/mol. The smallest absolute Gasteiger partial charge is 0.332 e. The quantitative estimate of drug-likeness (QED) is 0.654. The van der Waals surface area contributed by atoms with Crippen molar-refractivity contribution in [3.05, 3.63) is 0 Å². The molecule has 1 aliphatic carbocycles. The summed E-state index contributed by atoms with van der Waals surface area (Å²) in [6.07, 6.45) is 2.15. The number of hydrogen-bond acceptors (Lipinski definition) is 3. The summed E-state index contributed by atoms with van der Waals surface area (Å²) in [5, 5.41) is 2.85. The van der Waals surface area contributed by atoms with Crippen molar-refractivity contribution in [1.29, 1.82) is 0 Å². The van der Waals surface area contributed by atoms with Gasteiger partial charge in [-0.2, -0.15) is 0 Å². The Balaban J connectivity index is 2.43. The van der Waals surface area contributed by atoms with E-state index in [4.69, 9.17) is 4.74 Å². The van der Waals surface area contributed by atoms with Crippen LogP contribution in [0.15, 0.2) is 0 Å². The molecule has 1 amide bonds. The van der Waals surface area contributed by atoms with Crippen LogP contribution < -0.4 is 5.32 Å². The summed E-state index contributed by atoms with van der Waals surface area (Å²) in [6, 6.07) is 0. The number of carbonyl (C=O) groups excluding carboxylic acids is 2. The first-order valence-corrected chi connectivity index (χ1v) is 5.33. The number of hydrogen-bond donors (Lipinski definition) is 1. The maximum Gasteiger partial charge on any atom is 0.332 e. The Morgan fingerprint density at radius 1 is 1.53 bits per heavy atom. The molecule has 4 heteroatoms. The molecule has 15 heavy (non-hydrogen) atoms. The van der Waals surface area contributed by atoms with Gasteiger partial charge in [0.2, 0.25) is 5.91 Å². The van der Waals surface area contributed by atoms with Gasteiger partial charge < -0.3 is 10.1 Å². The molecule has 2 rings (SSSR count). The molecule has 1 heterocycles. The van der Waals surface area contributed by atoms with Crippen molar-refractivity contribution in [2.24, 2.45) is 11.3 Å². The average molecular weight is 211 g/mol. The fraction of sp³-hybridized carbons (Fsp3) is 0.818. The van der Waals surface area contributed by atoms with E-state index in [9.17, 15) is 9.59 Å². The molecular weight excluding hydrogens is 194 g/mol. The van der Waals surface area contributed by atoms with Crippen molar-refractivity contribution in [3.8, 4) is 0 Å². The fourth-order valence-electron chi connectivity index (χ4n) is 3.11. The predicted octanol–water partition coefficient (Wildman–Crippen LogP) is 0.854. The van der Waals surface area contributed by atoms with E-state index in [0.29, 0.717) is 18.8 Å². The molecule has 2 bridgehead atoms. The van der Waals surface area contributed by atoms with Crippen LogP contribution in [0.1, 0.15) is 33.1 Å². The van der Waals surface area contributed by atoms with Crippen LogP contribution in [0.4, 0.5) is 0 Å². The van der Waals surface area contributed by atoms with Crippen LogP contribution in [-0.2, 0) is 14.3 Å². The zero-order valence-corrected chi connectivity index (χ0v) is 9.42. The normalized spacial score (nSPS) is 37.3. The molecule has 2 fully saturated rings. The van der Waals surface area contributed by atoms with E-state index in [0.717, 1.165) is 6.42 Å². The fourth-order valence-corrected chi connectivity index (χ4v) is 3.11. The first-order chi connectivity index (χ1) is 6.94. The van der Waals surface area contributed by atoms with E-state index in [-0.39, 0.29) is 17.3 Å². The lowest BCUT2D eigenvalue weighted by molar-refractivity contribution is -0.159. The molecule has 0 aromatic rings. The van der Waals surface area contributed by atoms with E-state index < -0.39 is 5.54 Å². The van der Waals surface area contributed by atoms with Crippen LogP contribution in [0, 0.1) is 11.3 Å². The van der Waals surface area contributed by atoms with Gasteiger partial charge >= 0.3 is 5.97 Å². The first kappa shape index (κ1) is 10.5. The second kappa shape index (κ2) is 2.97. The van der Waals surface area contributed by atoms with Crippen molar-refractivity contribution in [1.82, 2.24) is 5.32 Å². The molecular formula is C11H17NO3. The Kier molecular flexibility index (Phi) is 2.07. The van der Waals surface area contributed by atoms with Crippen LogP contribution in [-0.4, -0.2) is 24.5 Å². The lowest BCUT2D eigenvalue weighted by atomic mass is 9.67. The van der Waals surface area contributed by atoms with E-state index in [2.05, 4.69) is 5.32 Å². The summed E-state index contributed by atoms with van der Waals surface area (Å²) in [7, 11) is 1.38. The molecule has 0 aromatic carbocycles. The molecule has 0 radical (unpaired) electrons. The maximum atomic E-state index is 11.9. The van der Waals surface area contributed by atoms with Gasteiger partial charge in [0, 0.05) is 11.8 Å². The van der Waals surface area contributed by atoms with Crippen LogP contribution in [0.2, 0.25) is 0 Å². The molecule has 0 aromatic heterocycles. The third-order valence-electron chi connectivity index (χ3n) is 4.31. The highest BCUT2D eigenvalue weighted by Crippen LogP contribution is 2.54. The highest BCUT2D eigenvalue weighted by molar-refractivity contribution is 5.91. The molecule has 84 valence electrons. The third-order valence-corrected chi connectivity index (χ3v) is 4.31. The first-order valence-electron chi connectivity index (χ1n) is 5.33. The molecule has 2 atom stereocenters. The van der Waals surface area contributed by atoms with Crippen molar-refractivity contribution < 1.29 is 14.3 Å². The minimum absolute atomic E-state index is 0.0257. The predicted molar refractivity (Wildman–Crippen MR) is 54.0 cm³/mol. The van der Waals surface area contributed by atoms with Crippen LogP contribution in [0.3, 0.4) is 0 Å². The summed E-state index contributed by atoms with van der Waals surface area (Å²) in [5.74, 6) is -0.0318. The Bertz CT molecular complexity index is 324. The second-order valence-electron chi connectivity index (χ2n) is 5.11. The summed E-state index contributed by atoms with van der Waals surface area (Å²) >= 11 is 0. The number of esters is 1. The van der Waals surface area contributed by atoms with Gasteiger partial charge in [0.25, 0.3) is 0 Å². The molecule has 1 N–H and O–H groups in total. The zero-order chi connectivity index (χ0) is 11.3.